The average Bonchev–Trinajstić information content (AvgIpc) is 2.44. The quantitative estimate of drug-likeness (QED) is 0.601. The molecule has 1 aromatic rings. The van der Waals surface area contributed by atoms with Crippen LogP contribution in [0.3, 0.4) is 0 Å². The molecule has 5 heteroatoms. The number of anilines is 1. The molecule has 0 heterocycles. The van der Waals surface area contributed by atoms with Crippen LogP contribution in [0.4, 0.5) is 5.69 Å². The fourth-order valence-electron chi connectivity index (χ4n) is 1.78. The lowest BCUT2D eigenvalue weighted by molar-refractivity contribution is -0.139. The number of benzene rings is 1. The first-order valence-electron chi connectivity index (χ1n) is 6.87. The molecule has 0 bridgehead atoms. The summed E-state index contributed by atoms with van der Waals surface area (Å²) in [7, 11) is 4.01. The van der Waals surface area contributed by atoms with Crippen molar-refractivity contribution in [1.82, 2.24) is 10.6 Å². The van der Waals surface area contributed by atoms with E-state index in [4.69, 9.17) is 0 Å². The van der Waals surface area contributed by atoms with E-state index in [1.807, 2.05) is 14.1 Å². The van der Waals surface area contributed by atoms with E-state index in [1.54, 1.807) is 6.92 Å². The molecule has 0 spiro atoms. The molecule has 0 aromatic heterocycles. The van der Waals surface area contributed by atoms with Crippen molar-refractivity contribution in [2.24, 2.45) is 0 Å². The highest BCUT2D eigenvalue weighted by atomic mass is 16.2. The van der Waals surface area contributed by atoms with Crippen LogP contribution in [-0.4, -0.2) is 39.0 Å². The Morgan fingerprint density at radius 1 is 1.05 bits per heavy atom. The monoisotopic (exact) mass is 277 g/mol. The largest absolute Gasteiger partial charge is 0.378 e. The van der Waals surface area contributed by atoms with Crippen molar-refractivity contribution in [3.63, 3.8) is 0 Å². The topological polar surface area (TPSA) is 61.4 Å². The molecule has 5 nitrogen and oxygen atoms in total. The zero-order valence-electron chi connectivity index (χ0n) is 12.4. The van der Waals surface area contributed by atoms with Gasteiger partial charge >= 0.3 is 11.8 Å². The molecule has 110 valence electrons. The van der Waals surface area contributed by atoms with Crippen LogP contribution in [0.5, 0.6) is 0 Å². The van der Waals surface area contributed by atoms with E-state index in [1.165, 1.54) is 11.3 Å². The van der Waals surface area contributed by atoms with Gasteiger partial charge in [0.1, 0.15) is 0 Å². The van der Waals surface area contributed by atoms with Gasteiger partial charge in [-0.3, -0.25) is 9.59 Å². The van der Waals surface area contributed by atoms with Crippen molar-refractivity contribution in [2.45, 2.75) is 19.8 Å². The van der Waals surface area contributed by atoms with Gasteiger partial charge in [-0.2, -0.15) is 0 Å². The number of hydrogen-bond donors (Lipinski definition) is 2. The van der Waals surface area contributed by atoms with Gasteiger partial charge in [-0.25, -0.2) is 0 Å². The average molecular weight is 277 g/mol. The van der Waals surface area contributed by atoms with Crippen LogP contribution in [0.2, 0.25) is 0 Å². The molecular formula is C15H23N3O2. The van der Waals surface area contributed by atoms with Crippen LogP contribution in [0.25, 0.3) is 0 Å². The van der Waals surface area contributed by atoms with Crippen molar-refractivity contribution >= 4 is 17.5 Å². The summed E-state index contributed by atoms with van der Waals surface area (Å²) in [5, 5.41) is 5.07. The number of hydrogen-bond acceptors (Lipinski definition) is 3. The van der Waals surface area contributed by atoms with E-state index in [0.717, 1.165) is 12.8 Å². The fraction of sp³-hybridized carbons (Fsp3) is 0.467. The Hall–Kier alpha value is -2.04. The normalized spacial score (nSPS) is 9.95. The molecule has 20 heavy (non-hydrogen) atoms. The Bertz CT molecular complexity index is 441. The number of rotatable bonds is 6. The number of nitrogens with zero attached hydrogens (tertiary/aromatic N) is 1. The SMILES string of the molecule is CCNC(=O)C(=O)NCCCc1ccc(N(C)C)cc1. The van der Waals surface area contributed by atoms with Crippen molar-refractivity contribution < 1.29 is 9.59 Å². The minimum atomic E-state index is -0.567. The van der Waals surface area contributed by atoms with Crippen LogP contribution < -0.4 is 15.5 Å². The Balaban J connectivity index is 2.27. The van der Waals surface area contributed by atoms with Gasteiger partial charge in [0.15, 0.2) is 0 Å². The van der Waals surface area contributed by atoms with Gasteiger partial charge in [-0.1, -0.05) is 12.1 Å². The second kappa shape index (κ2) is 8.19. The summed E-state index contributed by atoms with van der Waals surface area (Å²) in [4.78, 5) is 24.6. The van der Waals surface area contributed by atoms with Gasteiger partial charge in [-0.15, -0.1) is 0 Å². The van der Waals surface area contributed by atoms with Crippen molar-refractivity contribution in [3.05, 3.63) is 29.8 Å². The molecule has 0 saturated carbocycles. The van der Waals surface area contributed by atoms with Crippen molar-refractivity contribution in [2.75, 3.05) is 32.1 Å². The molecule has 0 aliphatic rings. The molecule has 2 N–H and O–H groups in total. The second-order valence-corrected chi connectivity index (χ2v) is 4.78. The molecule has 2 amide bonds. The van der Waals surface area contributed by atoms with Crippen molar-refractivity contribution in [1.29, 1.82) is 0 Å². The van der Waals surface area contributed by atoms with E-state index < -0.39 is 11.8 Å². The summed E-state index contributed by atoms with van der Waals surface area (Å²) >= 11 is 0. The van der Waals surface area contributed by atoms with Gasteiger partial charge in [0.05, 0.1) is 0 Å². The first-order valence-corrected chi connectivity index (χ1v) is 6.87. The zero-order chi connectivity index (χ0) is 15.0. The molecule has 0 aliphatic carbocycles. The summed E-state index contributed by atoms with van der Waals surface area (Å²) in [5.41, 5.74) is 2.39. The molecule has 0 unspecified atom stereocenters. The van der Waals surface area contributed by atoms with Gasteiger partial charge < -0.3 is 15.5 Å². The van der Waals surface area contributed by atoms with E-state index in [9.17, 15) is 9.59 Å². The first kappa shape index (κ1) is 16.0. The summed E-state index contributed by atoms with van der Waals surface area (Å²) in [6, 6.07) is 8.31. The lowest BCUT2D eigenvalue weighted by Crippen LogP contribution is -2.40. The standard InChI is InChI=1S/C15H23N3O2/c1-4-16-14(19)15(20)17-11-5-6-12-7-9-13(10-8-12)18(2)3/h7-10H,4-6,11H2,1-3H3,(H,16,19)(H,17,20). The lowest BCUT2D eigenvalue weighted by atomic mass is 10.1. The maximum absolute atomic E-state index is 11.3. The minimum Gasteiger partial charge on any atom is -0.378 e. The first-order chi connectivity index (χ1) is 9.54. The van der Waals surface area contributed by atoms with E-state index in [0.29, 0.717) is 13.1 Å². The number of aryl methyl sites for hydroxylation is 1. The molecule has 0 saturated heterocycles. The van der Waals surface area contributed by atoms with Crippen LogP contribution in [0.1, 0.15) is 18.9 Å². The second-order valence-electron chi connectivity index (χ2n) is 4.78. The fourth-order valence-corrected chi connectivity index (χ4v) is 1.78. The highest BCUT2D eigenvalue weighted by Gasteiger charge is 2.10. The molecule has 0 fully saturated rings. The van der Waals surface area contributed by atoms with Crippen LogP contribution in [0, 0.1) is 0 Å². The predicted octanol–water partition coefficient (Wildman–Crippen LogP) is 0.938. The summed E-state index contributed by atoms with van der Waals surface area (Å²) in [6.07, 6.45) is 1.69. The summed E-state index contributed by atoms with van der Waals surface area (Å²) in [6.45, 7) is 2.75. The molecule has 1 aromatic carbocycles. The third kappa shape index (κ3) is 5.30. The highest BCUT2D eigenvalue weighted by Crippen LogP contribution is 2.13. The number of nitrogens with one attached hydrogen (secondary N) is 2. The molecule has 0 aliphatic heterocycles. The maximum Gasteiger partial charge on any atom is 0.309 e. The molecular weight excluding hydrogens is 254 g/mol. The van der Waals surface area contributed by atoms with E-state index in [2.05, 4.69) is 39.8 Å². The number of likely N-dealkylation sites (N-methyl/N-ethyl adjacent to an activating group) is 1. The summed E-state index contributed by atoms with van der Waals surface area (Å²) < 4.78 is 0. The van der Waals surface area contributed by atoms with Crippen molar-refractivity contribution in [3.8, 4) is 0 Å². The third-order valence-corrected chi connectivity index (χ3v) is 2.92. The predicted molar refractivity (Wildman–Crippen MR) is 80.8 cm³/mol. The van der Waals surface area contributed by atoms with Crippen LogP contribution in [0.15, 0.2) is 24.3 Å². The lowest BCUT2D eigenvalue weighted by Gasteiger charge is -2.12. The van der Waals surface area contributed by atoms with Gasteiger partial charge in [-0.05, 0) is 37.5 Å². The Morgan fingerprint density at radius 2 is 1.65 bits per heavy atom. The molecule has 0 atom stereocenters. The Labute approximate surface area is 120 Å². The number of carbonyl (C=O) groups excluding carboxylic acids is 2. The van der Waals surface area contributed by atoms with E-state index >= 15 is 0 Å². The molecule has 1 rings (SSSR count). The molecule has 0 radical (unpaired) electrons. The zero-order valence-corrected chi connectivity index (χ0v) is 12.4. The van der Waals surface area contributed by atoms with Crippen LogP contribution >= 0.6 is 0 Å². The summed E-state index contributed by atoms with van der Waals surface area (Å²) in [5.74, 6) is -1.13. The third-order valence-electron chi connectivity index (χ3n) is 2.92. The van der Waals surface area contributed by atoms with Gasteiger partial charge in [0.2, 0.25) is 0 Å². The highest BCUT2D eigenvalue weighted by molar-refractivity contribution is 6.35. The van der Waals surface area contributed by atoms with E-state index in [-0.39, 0.29) is 0 Å². The number of carbonyl (C=O) groups is 2. The maximum atomic E-state index is 11.3. The smallest absolute Gasteiger partial charge is 0.309 e. The van der Waals surface area contributed by atoms with Crippen LogP contribution in [-0.2, 0) is 16.0 Å². The Morgan fingerprint density at radius 3 is 2.20 bits per heavy atom. The number of amides is 2. The Kier molecular flexibility index (Phi) is 6.56. The van der Waals surface area contributed by atoms with Gasteiger partial charge in [0, 0.05) is 32.9 Å². The minimum absolute atomic E-state index is 0.463. The van der Waals surface area contributed by atoms with Gasteiger partial charge in [0.25, 0.3) is 0 Å².